The molecule has 0 fully saturated rings. The summed E-state index contributed by atoms with van der Waals surface area (Å²) in [6, 6.07) is 3.67. The summed E-state index contributed by atoms with van der Waals surface area (Å²) in [4.78, 5) is 4.43. The molecule has 0 aliphatic heterocycles. The number of thioether (sulfide) groups is 1. The highest BCUT2D eigenvalue weighted by atomic mass is 32.2. The molecule has 0 aliphatic carbocycles. The third kappa shape index (κ3) is 2.67. The Morgan fingerprint density at radius 1 is 1.10 bits per heavy atom. The third-order valence-electron chi connectivity index (χ3n) is 2.70. The Morgan fingerprint density at radius 2 is 1.85 bits per heavy atom. The third-order valence-corrected chi connectivity index (χ3v) is 3.43. The molecule has 0 bridgehead atoms. The van der Waals surface area contributed by atoms with Crippen LogP contribution in [0.2, 0.25) is 0 Å². The molecule has 0 radical (unpaired) electrons. The molecule has 1 aromatic heterocycles. The molecule has 6 nitrogen and oxygen atoms in total. The van der Waals surface area contributed by atoms with Crippen LogP contribution in [0.15, 0.2) is 17.3 Å². The van der Waals surface area contributed by atoms with E-state index in [1.165, 1.54) is 0 Å². The Hall–Kier alpha value is -1.89. The SMILES string of the molecule is CCSc1n[nH]c(-c2ccc(OC)c(OC)c2OC)n1. The lowest BCUT2D eigenvalue weighted by Gasteiger charge is -2.14. The van der Waals surface area contributed by atoms with Gasteiger partial charge in [-0.1, -0.05) is 18.7 Å². The average molecular weight is 295 g/mol. The van der Waals surface area contributed by atoms with Crippen LogP contribution in [-0.4, -0.2) is 42.3 Å². The van der Waals surface area contributed by atoms with Crippen molar-refractivity contribution in [2.45, 2.75) is 12.1 Å². The zero-order chi connectivity index (χ0) is 14.5. The van der Waals surface area contributed by atoms with Crippen molar-refractivity contribution in [1.29, 1.82) is 0 Å². The van der Waals surface area contributed by atoms with E-state index in [0.29, 0.717) is 28.2 Å². The standard InChI is InChI=1S/C13H17N3O3S/c1-5-20-13-14-12(15-16-13)8-6-7-9(17-2)11(19-4)10(8)18-3/h6-7H,5H2,1-4H3,(H,14,15,16). The first-order valence-corrected chi connectivity index (χ1v) is 7.08. The summed E-state index contributed by atoms with van der Waals surface area (Å²) in [6.45, 7) is 2.05. The fraction of sp³-hybridized carbons (Fsp3) is 0.385. The highest BCUT2D eigenvalue weighted by Gasteiger charge is 2.19. The number of nitrogens with zero attached hydrogens (tertiary/aromatic N) is 2. The number of benzene rings is 1. The number of H-pyrrole nitrogens is 1. The van der Waals surface area contributed by atoms with Gasteiger partial charge in [0.05, 0.1) is 26.9 Å². The predicted molar refractivity (Wildman–Crippen MR) is 77.9 cm³/mol. The Kier molecular flexibility index (Phi) is 4.73. The molecular formula is C13H17N3O3S. The maximum atomic E-state index is 5.43. The van der Waals surface area contributed by atoms with Gasteiger partial charge in [-0.25, -0.2) is 4.98 Å². The van der Waals surface area contributed by atoms with Gasteiger partial charge in [0.2, 0.25) is 10.9 Å². The molecule has 1 heterocycles. The first kappa shape index (κ1) is 14.5. The lowest BCUT2D eigenvalue weighted by atomic mass is 10.1. The molecule has 0 saturated heterocycles. The molecule has 0 saturated carbocycles. The van der Waals surface area contributed by atoms with Crippen LogP contribution in [0.3, 0.4) is 0 Å². The molecule has 0 unspecified atom stereocenters. The number of methoxy groups -OCH3 is 3. The Labute approximate surface area is 121 Å². The van der Waals surface area contributed by atoms with Crippen LogP contribution in [-0.2, 0) is 0 Å². The number of aromatic nitrogens is 3. The van der Waals surface area contributed by atoms with Crippen molar-refractivity contribution < 1.29 is 14.2 Å². The second-order valence-electron chi connectivity index (χ2n) is 3.78. The number of rotatable bonds is 6. The zero-order valence-corrected chi connectivity index (χ0v) is 12.7. The van der Waals surface area contributed by atoms with Crippen LogP contribution in [0, 0.1) is 0 Å². The highest BCUT2D eigenvalue weighted by Crippen LogP contribution is 2.43. The molecule has 2 aromatic rings. The minimum Gasteiger partial charge on any atom is -0.493 e. The first-order chi connectivity index (χ1) is 9.74. The lowest BCUT2D eigenvalue weighted by molar-refractivity contribution is 0.325. The maximum Gasteiger partial charge on any atom is 0.208 e. The predicted octanol–water partition coefficient (Wildman–Crippen LogP) is 2.61. The second-order valence-corrected chi connectivity index (χ2v) is 5.01. The van der Waals surface area contributed by atoms with Gasteiger partial charge in [0, 0.05) is 0 Å². The van der Waals surface area contributed by atoms with Crippen molar-refractivity contribution in [3.8, 4) is 28.6 Å². The van der Waals surface area contributed by atoms with Crippen LogP contribution in [0.5, 0.6) is 17.2 Å². The minimum atomic E-state index is 0.536. The van der Waals surface area contributed by atoms with Crippen LogP contribution in [0.4, 0.5) is 0 Å². The normalized spacial score (nSPS) is 10.4. The number of hydrogen-bond donors (Lipinski definition) is 1. The molecule has 0 amide bonds. The molecule has 0 atom stereocenters. The van der Waals surface area contributed by atoms with E-state index in [-0.39, 0.29) is 0 Å². The first-order valence-electron chi connectivity index (χ1n) is 6.09. The summed E-state index contributed by atoms with van der Waals surface area (Å²) in [7, 11) is 4.74. The summed E-state index contributed by atoms with van der Waals surface area (Å²) >= 11 is 1.57. The molecule has 1 aromatic carbocycles. The van der Waals surface area contributed by atoms with Crippen LogP contribution >= 0.6 is 11.8 Å². The summed E-state index contributed by atoms with van der Waals surface area (Å²) in [5.74, 6) is 3.26. The van der Waals surface area contributed by atoms with Gasteiger partial charge in [-0.2, -0.15) is 0 Å². The van der Waals surface area contributed by atoms with E-state index in [2.05, 4.69) is 22.1 Å². The van der Waals surface area contributed by atoms with Crippen molar-refractivity contribution in [2.24, 2.45) is 0 Å². The molecule has 20 heavy (non-hydrogen) atoms. The fourth-order valence-electron chi connectivity index (χ4n) is 1.85. The van der Waals surface area contributed by atoms with Crippen molar-refractivity contribution in [3.05, 3.63) is 12.1 Å². The van der Waals surface area contributed by atoms with E-state index in [1.807, 2.05) is 12.1 Å². The molecule has 0 aliphatic rings. The van der Waals surface area contributed by atoms with Gasteiger partial charge in [-0.15, -0.1) is 5.10 Å². The van der Waals surface area contributed by atoms with Gasteiger partial charge < -0.3 is 14.2 Å². The quantitative estimate of drug-likeness (QED) is 0.826. The number of nitrogens with one attached hydrogen (secondary N) is 1. The van der Waals surface area contributed by atoms with Gasteiger partial charge in [0.15, 0.2) is 17.3 Å². The van der Waals surface area contributed by atoms with E-state index in [4.69, 9.17) is 14.2 Å². The van der Waals surface area contributed by atoms with Gasteiger partial charge in [0.25, 0.3) is 0 Å². The van der Waals surface area contributed by atoms with E-state index >= 15 is 0 Å². The Bertz CT molecular complexity index is 586. The van der Waals surface area contributed by atoms with E-state index in [0.717, 1.165) is 11.3 Å². The summed E-state index contributed by atoms with van der Waals surface area (Å²) in [5.41, 5.74) is 0.778. The molecule has 2 rings (SSSR count). The van der Waals surface area contributed by atoms with Crippen molar-refractivity contribution in [2.75, 3.05) is 27.1 Å². The smallest absolute Gasteiger partial charge is 0.208 e. The lowest BCUT2D eigenvalue weighted by Crippen LogP contribution is -1.97. The monoisotopic (exact) mass is 295 g/mol. The molecule has 7 heteroatoms. The van der Waals surface area contributed by atoms with Crippen LogP contribution in [0.1, 0.15) is 6.92 Å². The highest BCUT2D eigenvalue weighted by molar-refractivity contribution is 7.99. The molecule has 1 N–H and O–H groups in total. The minimum absolute atomic E-state index is 0.536. The topological polar surface area (TPSA) is 69.3 Å². The molecule has 0 spiro atoms. The molecule has 108 valence electrons. The number of aromatic amines is 1. The van der Waals surface area contributed by atoms with Gasteiger partial charge in [-0.3, -0.25) is 5.10 Å². The Morgan fingerprint density at radius 3 is 2.45 bits per heavy atom. The van der Waals surface area contributed by atoms with Gasteiger partial charge >= 0.3 is 0 Å². The van der Waals surface area contributed by atoms with E-state index in [9.17, 15) is 0 Å². The number of hydrogen-bond acceptors (Lipinski definition) is 6. The summed E-state index contributed by atoms with van der Waals surface area (Å²) < 4.78 is 16.0. The van der Waals surface area contributed by atoms with Gasteiger partial charge in [-0.05, 0) is 17.9 Å². The van der Waals surface area contributed by atoms with Crippen LogP contribution in [0.25, 0.3) is 11.4 Å². The van der Waals surface area contributed by atoms with Crippen molar-refractivity contribution >= 4 is 11.8 Å². The maximum absolute atomic E-state index is 5.43. The van der Waals surface area contributed by atoms with Crippen LogP contribution < -0.4 is 14.2 Å². The largest absolute Gasteiger partial charge is 0.493 e. The average Bonchev–Trinajstić information content (AvgIpc) is 2.94. The Balaban J connectivity index is 2.49. The van der Waals surface area contributed by atoms with E-state index < -0.39 is 0 Å². The van der Waals surface area contributed by atoms with Gasteiger partial charge in [0.1, 0.15) is 0 Å². The number of ether oxygens (including phenoxy) is 3. The summed E-state index contributed by atoms with van der Waals surface area (Å²) in [6.07, 6.45) is 0. The summed E-state index contributed by atoms with van der Waals surface area (Å²) in [5, 5.41) is 7.77. The second kappa shape index (κ2) is 6.51. The molecular weight excluding hydrogens is 278 g/mol. The fourth-order valence-corrected chi connectivity index (χ4v) is 2.37. The zero-order valence-electron chi connectivity index (χ0n) is 11.9. The van der Waals surface area contributed by atoms with E-state index in [1.54, 1.807) is 33.1 Å². The van der Waals surface area contributed by atoms with Crippen molar-refractivity contribution in [3.63, 3.8) is 0 Å². The van der Waals surface area contributed by atoms with Crippen molar-refractivity contribution in [1.82, 2.24) is 15.2 Å².